The van der Waals surface area contributed by atoms with Crippen molar-refractivity contribution in [2.24, 2.45) is 0 Å². The molecule has 0 aliphatic carbocycles. The van der Waals surface area contributed by atoms with Gasteiger partial charge in [-0.05, 0) is 49.1 Å². The number of nitrogens with one attached hydrogen (secondary N) is 1. The highest BCUT2D eigenvalue weighted by Crippen LogP contribution is 2.25. The summed E-state index contributed by atoms with van der Waals surface area (Å²) in [5, 5.41) is 7.24. The first-order valence-corrected chi connectivity index (χ1v) is 7.48. The number of fused-ring (bicyclic) bond motifs is 2. The third kappa shape index (κ3) is 2.34. The molecule has 6 heteroatoms. The minimum atomic E-state index is -0.292. The van der Waals surface area contributed by atoms with Gasteiger partial charge in [-0.1, -0.05) is 0 Å². The fourth-order valence-corrected chi connectivity index (χ4v) is 3.09. The lowest BCUT2D eigenvalue weighted by Gasteiger charge is -2.25. The number of hydrogen-bond acceptors (Lipinski definition) is 3. The molecule has 2 aromatic rings. The molecule has 0 saturated carbocycles. The fourth-order valence-electron chi connectivity index (χ4n) is 3.09. The Morgan fingerprint density at radius 1 is 1.41 bits per heavy atom. The molecular formula is C16H16FN3O2. The second-order valence-corrected chi connectivity index (χ2v) is 5.79. The van der Waals surface area contributed by atoms with Crippen molar-refractivity contribution in [1.29, 1.82) is 0 Å². The SMILES string of the molecule is O=C(N[C@H]1COc2ccc(F)cc2C1)c1cc2n(n1)CCC2. The van der Waals surface area contributed by atoms with Crippen LogP contribution in [-0.4, -0.2) is 28.3 Å². The zero-order valence-electron chi connectivity index (χ0n) is 12.0. The van der Waals surface area contributed by atoms with E-state index in [1.54, 1.807) is 6.07 Å². The maximum Gasteiger partial charge on any atom is 0.272 e. The zero-order valence-corrected chi connectivity index (χ0v) is 12.0. The molecule has 0 unspecified atom stereocenters. The number of ether oxygens (including phenoxy) is 1. The van der Waals surface area contributed by atoms with Crippen molar-refractivity contribution in [2.75, 3.05) is 6.61 Å². The van der Waals surface area contributed by atoms with Gasteiger partial charge < -0.3 is 10.1 Å². The van der Waals surface area contributed by atoms with Crippen molar-refractivity contribution in [3.05, 3.63) is 47.0 Å². The summed E-state index contributed by atoms with van der Waals surface area (Å²) in [6.45, 7) is 1.26. The van der Waals surface area contributed by atoms with E-state index in [4.69, 9.17) is 4.74 Å². The summed E-state index contributed by atoms with van der Waals surface area (Å²) in [6, 6.07) is 6.14. The highest BCUT2D eigenvalue weighted by atomic mass is 19.1. The van der Waals surface area contributed by atoms with Crippen molar-refractivity contribution in [3.8, 4) is 5.75 Å². The Morgan fingerprint density at radius 3 is 3.18 bits per heavy atom. The molecule has 0 radical (unpaired) electrons. The summed E-state index contributed by atoms with van der Waals surface area (Å²) >= 11 is 0. The average Bonchev–Trinajstić information content (AvgIpc) is 3.08. The van der Waals surface area contributed by atoms with Crippen LogP contribution in [0.25, 0.3) is 0 Å². The van der Waals surface area contributed by atoms with E-state index in [1.807, 2.05) is 10.7 Å². The molecular weight excluding hydrogens is 285 g/mol. The van der Waals surface area contributed by atoms with Crippen LogP contribution < -0.4 is 10.1 Å². The van der Waals surface area contributed by atoms with Crippen molar-refractivity contribution >= 4 is 5.91 Å². The lowest BCUT2D eigenvalue weighted by molar-refractivity contribution is 0.0909. The Balaban J connectivity index is 1.46. The number of nitrogens with zero attached hydrogens (tertiary/aromatic N) is 2. The van der Waals surface area contributed by atoms with Crippen LogP contribution in [0.3, 0.4) is 0 Å². The number of amides is 1. The quantitative estimate of drug-likeness (QED) is 0.918. The van der Waals surface area contributed by atoms with Crippen LogP contribution in [-0.2, 0) is 19.4 Å². The van der Waals surface area contributed by atoms with Crippen LogP contribution in [0.2, 0.25) is 0 Å². The molecule has 1 amide bonds. The Hall–Kier alpha value is -2.37. The van der Waals surface area contributed by atoms with E-state index in [1.165, 1.54) is 12.1 Å². The van der Waals surface area contributed by atoms with Crippen LogP contribution in [0.15, 0.2) is 24.3 Å². The van der Waals surface area contributed by atoms with Gasteiger partial charge in [-0.3, -0.25) is 9.48 Å². The monoisotopic (exact) mass is 301 g/mol. The molecule has 1 aromatic heterocycles. The maximum atomic E-state index is 13.3. The van der Waals surface area contributed by atoms with Crippen molar-refractivity contribution in [1.82, 2.24) is 15.1 Å². The number of aromatic nitrogens is 2. The number of hydrogen-bond donors (Lipinski definition) is 1. The van der Waals surface area contributed by atoms with Gasteiger partial charge in [0.05, 0.1) is 6.04 Å². The summed E-state index contributed by atoms with van der Waals surface area (Å²) in [5.41, 5.74) is 2.33. The van der Waals surface area contributed by atoms with Gasteiger partial charge in [0.2, 0.25) is 0 Å². The minimum absolute atomic E-state index is 0.168. The first-order chi connectivity index (χ1) is 10.7. The van der Waals surface area contributed by atoms with E-state index in [-0.39, 0.29) is 17.8 Å². The molecule has 0 saturated heterocycles. The highest BCUT2D eigenvalue weighted by molar-refractivity contribution is 5.92. The molecule has 1 atom stereocenters. The Kier molecular flexibility index (Phi) is 3.10. The van der Waals surface area contributed by atoms with Gasteiger partial charge in [0, 0.05) is 12.2 Å². The molecule has 3 heterocycles. The number of rotatable bonds is 2. The molecule has 5 nitrogen and oxygen atoms in total. The first-order valence-electron chi connectivity index (χ1n) is 7.48. The molecule has 1 aromatic carbocycles. The Labute approximate surface area is 127 Å². The van der Waals surface area contributed by atoms with Gasteiger partial charge >= 0.3 is 0 Å². The van der Waals surface area contributed by atoms with Crippen molar-refractivity contribution < 1.29 is 13.9 Å². The van der Waals surface area contributed by atoms with Crippen molar-refractivity contribution in [2.45, 2.75) is 31.8 Å². The second-order valence-electron chi connectivity index (χ2n) is 5.79. The normalized spacial score (nSPS) is 19.2. The summed E-state index contributed by atoms with van der Waals surface area (Å²) in [6.07, 6.45) is 2.62. The fraction of sp³-hybridized carbons (Fsp3) is 0.375. The van der Waals surface area contributed by atoms with Gasteiger partial charge in [-0.2, -0.15) is 5.10 Å². The first kappa shape index (κ1) is 13.3. The predicted octanol–water partition coefficient (Wildman–Crippen LogP) is 1.70. The molecule has 2 aliphatic rings. The molecule has 0 bridgehead atoms. The molecule has 1 N–H and O–H groups in total. The average molecular weight is 301 g/mol. The predicted molar refractivity (Wildman–Crippen MR) is 77.4 cm³/mol. The van der Waals surface area contributed by atoms with E-state index >= 15 is 0 Å². The van der Waals surface area contributed by atoms with E-state index in [9.17, 15) is 9.18 Å². The van der Waals surface area contributed by atoms with Gasteiger partial charge in [0.1, 0.15) is 23.9 Å². The molecule has 0 fully saturated rings. The Bertz CT molecular complexity index is 719. The number of aryl methyl sites for hydroxylation is 2. The topological polar surface area (TPSA) is 56.1 Å². The summed E-state index contributed by atoms with van der Waals surface area (Å²) in [4.78, 5) is 12.3. The van der Waals surface area contributed by atoms with E-state index < -0.39 is 0 Å². The number of halogens is 1. The summed E-state index contributed by atoms with van der Waals surface area (Å²) in [7, 11) is 0. The van der Waals surface area contributed by atoms with Gasteiger partial charge in [-0.25, -0.2) is 4.39 Å². The summed E-state index contributed by atoms with van der Waals surface area (Å²) in [5.74, 6) is 0.197. The van der Waals surface area contributed by atoms with E-state index in [0.29, 0.717) is 24.5 Å². The van der Waals surface area contributed by atoms with Crippen LogP contribution >= 0.6 is 0 Å². The standard InChI is InChI=1S/C16H16FN3O2/c17-11-3-4-15-10(6-11)7-12(9-22-15)18-16(21)14-8-13-2-1-5-20(13)19-14/h3-4,6,8,12H,1-2,5,7,9H2,(H,18,21)/t12-/m1/s1. The van der Waals surface area contributed by atoms with Crippen molar-refractivity contribution in [3.63, 3.8) is 0 Å². The smallest absolute Gasteiger partial charge is 0.272 e. The highest BCUT2D eigenvalue weighted by Gasteiger charge is 2.24. The molecule has 22 heavy (non-hydrogen) atoms. The maximum absolute atomic E-state index is 13.3. The third-order valence-corrected chi connectivity index (χ3v) is 4.16. The minimum Gasteiger partial charge on any atom is -0.491 e. The van der Waals surface area contributed by atoms with Crippen LogP contribution in [0, 0.1) is 5.82 Å². The van der Waals surface area contributed by atoms with Crippen LogP contribution in [0.1, 0.15) is 28.2 Å². The second kappa shape index (κ2) is 5.12. The van der Waals surface area contributed by atoms with Gasteiger partial charge in [0.25, 0.3) is 5.91 Å². The molecule has 0 spiro atoms. The number of benzene rings is 1. The van der Waals surface area contributed by atoms with Gasteiger partial charge in [-0.15, -0.1) is 0 Å². The van der Waals surface area contributed by atoms with Crippen LogP contribution in [0.4, 0.5) is 4.39 Å². The third-order valence-electron chi connectivity index (χ3n) is 4.16. The van der Waals surface area contributed by atoms with Crippen LogP contribution in [0.5, 0.6) is 5.75 Å². The summed E-state index contributed by atoms with van der Waals surface area (Å²) < 4.78 is 20.8. The number of carbonyl (C=O) groups excluding carboxylic acids is 1. The van der Waals surface area contributed by atoms with Gasteiger partial charge in [0.15, 0.2) is 0 Å². The Morgan fingerprint density at radius 2 is 2.32 bits per heavy atom. The van der Waals surface area contributed by atoms with E-state index in [0.717, 1.165) is 30.6 Å². The zero-order chi connectivity index (χ0) is 15.1. The molecule has 2 aliphatic heterocycles. The lowest BCUT2D eigenvalue weighted by atomic mass is 10.0. The largest absolute Gasteiger partial charge is 0.491 e. The van der Waals surface area contributed by atoms with E-state index in [2.05, 4.69) is 10.4 Å². The molecule has 114 valence electrons. The number of carbonyl (C=O) groups is 1. The lowest BCUT2D eigenvalue weighted by Crippen LogP contribution is -2.42. The molecule has 4 rings (SSSR count).